The first kappa shape index (κ1) is 20.6. The van der Waals surface area contributed by atoms with Crippen molar-refractivity contribution in [2.75, 3.05) is 11.8 Å². The maximum Gasteiger partial charge on any atom is 0.267 e. The molecule has 2 aromatic carbocycles. The Balaban J connectivity index is 1.80. The maximum atomic E-state index is 13.0. The number of hydrogen-bond donors (Lipinski definition) is 1. The molecule has 4 aromatic rings. The lowest BCUT2D eigenvalue weighted by Crippen LogP contribution is -2.22. The van der Waals surface area contributed by atoms with Gasteiger partial charge in [-0.15, -0.1) is 0 Å². The number of nitrogens with one attached hydrogen (secondary N) is 1. The fourth-order valence-electron chi connectivity index (χ4n) is 3.51. The van der Waals surface area contributed by atoms with Crippen LogP contribution in [0.4, 0.5) is 5.69 Å². The molecule has 10 heteroatoms. The second-order valence-corrected chi connectivity index (χ2v) is 8.58. The quantitative estimate of drug-likeness (QED) is 0.507. The Kier molecular flexibility index (Phi) is 5.02. The summed E-state index contributed by atoms with van der Waals surface area (Å²) >= 11 is 0. The van der Waals surface area contributed by atoms with Crippen LogP contribution in [0.1, 0.15) is 17.3 Å². The molecule has 0 amide bonds. The molecule has 0 unspecified atom stereocenters. The fraction of sp³-hybridized carbons (Fsp3) is 0.190. The van der Waals surface area contributed by atoms with E-state index in [4.69, 9.17) is 9.26 Å². The van der Waals surface area contributed by atoms with Gasteiger partial charge in [0.05, 0.1) is 29.4 Å². The van der Waals surface area contributed by atoms with Gasteiger partial charge >= 0.3 is 0 Å². The molecule has 0 saturated carbocycles. The number of aromatic nitrogens is 3. The van der Waals surface area contributed by atoms with E-state index in [2.05, 4.69) is 14.9 Å². The minimum atomic E-state index is -3.95. The van der Waals surface area contributed by atoms with Crippen molar-refractivity contribution in [3.8, 4) is 11.4 Å². The van der Waals surface area contributed by atoms with Crippen molar-refractivity contribution in [2.24, 2.45) is 0 Å². The summed E-state index contributed by atoms with van der Waals surface area (Å²) in [6, 6.07) is 11.8. The highest BCUT2D eigenvalue weighted by molar-refractivity contribution is 7.92. The fourth-order valence-corrected chi connectivity index (χ4v) is 4.91. The van der Waals surface area contributed by atoms with Crippen molar-refractivity contribution in [2.45, 2.75) is 25.7 Å². The van der Waals surface area contributed by atoms with Crippen LogP contribution >= 0.6 is 0 Å². The highest BCUT2D eigenvalue weighted by Crippen LogP contribution is 2.31. The van der Waals surface area contributed by atoms with E-state index in [1.54, 1.807) is 44.2 Å². The Morgan fingerprint density at radius 1 is 1.10 bits per heavy atom. The van der Waals surface area contributed by atoms with E-state index in [1.165, 1.54) is 24.7 Å². The molecular formula is C21H20N4O5S. The van der Waals surface area contributed by atoms with Crippen LogP contribution in [0.2, 0.25) is 0 Å². The van der Waals surface area contributed by atoms with E-state index in [0.717, 1.165) is 0 Å². The molecule has 4 rings (SSSR count). The highest BCUT2D eigenvalue weighted by atomic mass is 32.2. The number of nitrogens with zero attached hydrogens (tertiary/aromatic N) is 3. The van der Waals surface area contributed by atoms with Crippen LogP contribution in [0.25, 0.3) is 16.6 Å². The molecule has 0 aliphatic rings. The Morgan fingerprint density at radius 3 is 2.52 bits per heavy atom. The Morgan fingerprint density at radius 2 is 1.84 bits per heavy atom. The average Bonchev–Trinajstić information content (AvgIpc) is 3.07. The summed E-state index contributed by atoms with van der Waals surface area (Å²) in [6.45, 7) is 4.80. The van der Waals surface area contributed by atoms with Crippen LogP contribution in [-0.4, -0.2) is 30.2 Å². The molecule has 2 heterocycles. The number of anilines is 1. The van der Waals surface area contributed by atoms with Crippen molar-refractivity contribution in [1.82, 2.24) is 14.7 Å². The Labute approximate surface area is 178 Å². The summed E-state index contributed by atoms with van der Waals surface area (Å²) in [5, 5.41) is 4.18. The van der Waals surface area contributed by atoms with Crippen molar-refractivity contribution in [3.63, 3.8) is 0 Å². The third kappa shape index (κ3) is 3.55. The van der Waals surface area contributed by atoms with Crippen LogP contribution in [0.15, 0.2) is 56.7 Å². The molecule has 31 heavy (non-hydrogen) atoms. The van der Waals surface area contributed by atoms with Crippen LogP contribution in [0.3, 0.4) is 0 Å². The smallest absolute Gasteiger partial charge is 0.267 e. The predicted octanol–water partition coefficient (Wildman–Crippen LogP) is 3.11. The van der Waals surface area contributed by atoms with E-state index < -0.39 is 10.0 Å². The van der Waals surface area contributed by atoms with Gasteiger partial charge in [-0.05, 0) is 45.0 Å². The zero-order valence-corrected chi connectivity index (χ0v) is 18.1. The van der Waals surface area contributed by atoms with Gasteiger partial charge in [0, 0.05) is 6.07 Å². The first-order chi connectivity index (χ1) is 14.7. The monoisotopic (exact) mass is 440 g/mol. The summed E-state index contributed by atoms with van der Waals surface area (Å²) in [5.41, 5.74) is 1.35. The van der Waals surface area contributed by atoms with Gasteiger partial charge in [-0.25, -0.2) is 13.4 Å². The predicted molar refractivity (Wildman–Crippen MR) is 115 cm³/mol. The molecule has 2 aromatic heterocycles. The van der Waals surface area contributed by atoms with Gasteiger partial charge in [0.1, 0.15) is 17.3 Å². The summed E-state index contributed by atoms with van der Waals surface area (Å²) < 4.78 is 40.0. The van der Waals surface area contributed by atoms with E-state index in [0.29, 0.717) is 22.4 Å². The van der Waals surface area contributed by atoms with Gasteiger partial charge in [-0.1, -0.05) is 17.3 Å². The molecule has 9 nitrogen and oxygen atoms in total. The van der Waals surface area contributed by atoms with E-state index in [-0.39, 0.29) is 33.3 Å². The number of ether oxygens (including phenoxy) is 1. The third-order valence-corrected chi connectivity index (χ3v) is 6.48. The first-order valence-electron chi connectivity index (χ1n) is 9.35. The number of rotatable bonds is 5. The van der Waals surface area contributed by atoms with Crippen molar-refractivity contribution < 1.29 is 17.7 Å². The lowest BCUT2D eigenvalue weighted by molar-refractivity contribution is 0.390. The number of benzene rings is 2. The Bertz CT molecular complexity index is 1450. The lowest BCUT2D eigenvalue weighted by Gasteiger charge is -2.15. The normalized spacial score (nSPS) is 11.6. The van der Waals surface area contributed by atoms with Crippen LogP contribution in [0, 0.1) is 20.8 Å². The molecule has 1 N–H and O–H groups in total. The molecule has 0 aliphatic heterocycles. The first-order valence-corrected chi connectivity index (χ1v) is 10.8. The van der Waals surface area contributed by atoms with Crippen LogP contribution < -0.4 is 15.0 Å². The van der Waals surface area contributed by atoms with E-state index >= 15 is 0 Å². The minimum Gasteiger partial charge on any atom is -0.494 e. The zero-order chi connectivity index (χ0) is 22.3. The number of methoxy groups -OCH3 is 1. The maximum absolute atomic E-state index is 13.0. The molecule has 0 atom stereocenters. The number of para-hydroxylation sites is 1. The molecule has 0 aliphatic carbocycles. The topological polar surface area (TPSA) is 116 Å². The summed E-state index contributed by atoms with van der Waals surface area (Å²) in [6.07, 6.45) is 0. The second-order valence-electron chi connectivity index (χ2n) is 6.96. The third-order valence-electron chi connectivity index (χ3n) is 4.87. The second kappa shape index (κ2) is 7.55. The van der Waals surface area contributed by atoms with E-state index in [1.807, 2.05) is 6.07 Å². The number of sulfonamides is 1. The van der Waals surface area contributed by atoms with Gasteiger partial charge in [0.2, 0.25) is 0 Å². The molecular weight excluding hydrogens is 420 g/mol. The average molecular weight is 440 g/mol. The van der Waals surface area contributed by atoms with Crippen molar-refractivity contribution in [3.05, 3.63) is 70.1 Å². The molecule has 0 saturated heterocycles. The van der Waals surface area contributed by atoms with Gasteiger partial charge in [0.25, 0.3) is 15.6 Å². The minimum absolute atomic E-state index is 0.0237. The number of hydrogen-bond acceptors (Lipinski definition) is 7. The standard InChI is InChI=1S/C21H20N4O5S/c1-12-20(13(2)30-23-12)31(27,28)24-18-10-9-15(11-19(18)29-4)25-14(3)22-17-8-6-5-7-16(17)21(25)26/h5-11,24H,1-4H3. The summed E-state index contributed by atoms with van der Waals surface area (Å²) in [5.74, 6) is 0.923. The van der Waals surface area contributed by atoms with Gasteiger partial charge in [-0.2, -0.15) is 0 Å². The van der Waals surface area contributed by atoms with Crippen LogP contribution in [-0.2, 0) is 10.0 Å². The van der Waals surface area contributed by atoms with Gasteiger partial charge in [-0.3, -0.25) is 14.1 Å². The molecule has 0 bridgehead atoms. The molecule has 0 fully saturated rings. The van der Waals surface area contributed by atoms with Crippen LogP contribution in [0.5, 0.6) is 5.75 Å². The van der Waals surface area contributed by atoms with Gasteiger partial charge in [0.15, 0.2) is 10.7 Å². The number of fused-ring (bicyclic) bond motifs is 1. The summed E-state index contributed by atoms with van der Waals surface area (Å²) in [7, 11) is -2.54. The molecule has 160 valence electrons. The van der Waals surface area contributed by atoms with Crippen molar-refractivity contribution in [1.29, 1.82) is 0 Å². The highest BCUT2D eigenvalue weighted by Gasteiger charge is 2.25. The molecule has 0 radical (unpaired) electrons. The Hall–Kier alpha value is -3.66. The lowest BCUT2D eigenvalue weighted by atomic mass is 10.2. The summed E-state index contributed by atoms with van der Waals surface area (Å²) in [4.78, 5) is 17.5. The SMILES string of the molecule is COc1cc(-n2c(C)nc3ccccc3c2=O)ccc1NS(=O)(=O)c1c(C)noc1C. The van der Waals surface area contributed by atoms with Gasteiger partial charge < -0.3 is 9.26 Å². The van der Waals surface area contributed by atoms with Crippen molar-refractivity contribution >= 4 is 26.6 Å². The zero-order valence-electron chi connectivity index (χ0n) is 17.3. The largest absolute Gasteiger partial charge is 0.494 e. The van der Waals surface area contributed by atoms with E-state index in [9.17, 15) is 13.2 Å². The molecule has 0 spiro atoms. The number of aryl methyl sites for hydroxylation is 3.